The highest BCUT2D eigenvalue weighted by molar-refractivity contribution is 6.02. The Morgan fingerprint density at radius 1 is 1.14 bits per heavy atom. The van der Waals surface area contributed by atoms with Gasteiger partial charge in [-0.25, -0.2) is 4.98 Å². The Kier molecular flexibility index (Phi) is 3.44. The molecule has 2 aromatic rings. The number of hydrogen-bond donors (Lipinski definition) is 1. The van der Waals surface area contributed by atoms with Gasteiger partial charge in [0.05, 0.1) is 0 Å². The Morgan fingerprint density at radius 2 is 1.91 bits per heavy atom. The van der Waals surface area contributed by atoms with E-state index in [1.807, 2.05) is 6.20 Å². The Hall–Kier alpha value is -1.77. The maximum absolute atomic E-state index is 4.79. The third kappa shape index (κ3) is 2.53. The molecular formula is C19H25N3. The van der Waals surface area contributed by atoms with Gasteiger partial charge in [0.15, 0.2) is 0 Å². The van der Waals surface area contributed by atoms with Crippen LogP contribution in [0.15, 0.2) is 24.4 Å². The number of fused-ring (bicyclic) bond motifs is 1. The molecule has 0 spiro atoms. The zero-order valence-corrected chi connectivity index (χ0v) is 13.6. The van der Waals surface area contributed by atoms with Gasteiger partial charge >= 0.3 is 0 Å². The number of anilines is 2. The smallest absolute Gasteiger partial charge is 0.136 e. The maximum Gasteiger partial charge on any atom is 0.136 e. The summed E-state index contributed by atoms with van der Waals surface area (Å²) in [5.74, 6) is 2.02. The Morgan fingerprint density at radius 3 is 2.64 bits per heavy atom. The average molecular weight is 295 g/mol. The van der Waals surface area contributed by atoms with E-state index in [4.69, 9.17) is 4.98 Å². The minimum atomic E-state index is 0.678. The van der Waals surface area contributed by atoms with E-state index >= 15 is 0 Å². The van der Waals surface area contributed by atoms with Gasteiger partial charge in [-0.05, 0) is 50.2 Å². The molecule has 1 aromatic carbocycles. The SMILES string of the molecule is Cc1cnc(N2CCC(C)CC2)c2cccc(NC3CC3)c12. The first-order valence-corrected chi connectivity index (χ1v) is 8.62. The van der Waals surface area contributed by atoms with E-state index in [-0.39, 0.29) is 0 Å². The van der Waals surface area contributed by atoms with Crippen LogP contribution in [0, 0.1) is 12.8 Å². The summed E-state index contributed by atoms with van der Waals surface area (Å²) < 4.78 is 0. The van der Waals surface area contributed by atoms with E-state index in [1.165, 1.54) is 53.5 Å². The van der Waals surface area contributed by atoms with E-state index in [9.17, 15) is 0 Å². The van der Waals surface area contributed by atoms with Crippen molar-refractivity contribution in [2.24, 2.45) is 5.92 Å². The topological polar surface area (TPSA) is 28.2 Å². The van der Waals surface area contributed by atoms with Gasteiger partial charge in [-0.3, -0.25) is 0 Å². The van der Waals surface area contributed by atoms with Gasteiger partial charge in [0.25, 0.3) is 0 Å². The van der Waals surface area contributed by atoms with Crippen LogP contribution in [0.2, 0.25) is 0 Å². The molecule has 1 N–H and O–H groups in total. The number of aromatic nitrogens is 1. The molecule has 0 atom stereocenters. The molecule has 1 aromatic heterocycles. The second-order valence-corrected chi connectivity index (χ2v) is 7.08. The molecule has 2 aliphatic rings. The fraction of sp³-hybridized carbons (Fsp3) is 0.526. The van der Waals surface area contributed by atoms with Gasteiger partial charge in [0.1, 0.15) is 5.82 Å². The molecule has 4 rings (SSSR count). The Bertz CT molecular complexity index is 682. The summed E-state index contributed by atoms with van der Waals surface area (Å²) >= 11 is 0. The highest BCUT2D eigenvalue weighted by Gasteiger charge is 2.23. The van der Waals surface area contributed by atoms with Crippen LogP contribution < -0.4 is 10.2 Å². The zero-order valence-electron chi connectivity index (χ0n) is 13.6. The van der Waals surface area contributed by atoms with Crippen molar-refractivity contribution in [3.05, 3.63) is 30.0 Å². The van der Waals surface area contributed by atoms with E-state index in [0.717, 1.165) is 19.0 Å². The lowest BCUT2D eigenvalue weighted by molar-refractivity contribution is 0.437. The lowest BCUT2D eigenvalue weighted by Gasteiger charge is -2.32. The van der Waals surface area contributed by atoms with Crippen molar-refractivity contribution in [2.75, 3.05) is 23.3 Å². The Labute approximate surface area is 132 Å². The third-order valence-electron chi connectivity index (χ3n) is 5.10. The summed E-state index contributed by atoms with van der Waals surface area (Å²) in [6, 6.07) is 7.30. The molecule has 2 heterocycles. The standard InChI is InChI=1S/C19H25N3/c1-13-8-10-22(11-9-13)19-16-4-3-5-17(21-15-6-7-15)18(16)14(2)12-20-19/h3-5,12-13,15,21H,6-11H2,1-2H3. The zero-order chi connectivity index (χ0) is 15.1. The summed E-state index contributed by atoms with van der Waals surface area (Å²) in [7, 11) is 0. The minimum Gasteiger partial charge on any atom is -0.382 e. The highest BCUT2D eigenvalue weighted by Crippen LogP contribution is 2.36. The predicted octanol–water partition coefficient (Wildman–Crippen LogP) is 4.35. The lowest BCUT2D eigenvalue weighted by Crippen LogP contribution is -2.33. The van der Waals surface area contributed by atoms with Crippen molar-refractivity contribution < 1.29 is 0 Å². The molecule has 1 saturated carbocycles. The van der Waals surface area contributed by atoms with Crippen LogP contribution in [0.4, 0.5) is 11.5 Å². The molecule has 2 fully saturated rings. The number of benzene rings is 1. The van der Waals surface area contributed by atoms with Gasteiger partial charge in [-0.1, -0.05) is 19.1 Å². The maximum atomic E-state index is 4.79. The van der Waals surface area contributed by atoms with E-state index in [2.05, 4.69) is 42.3 Å². The van der Waals surface area contributed by atoms with E-state index in [0.29, 0.717) is 6.04 Å². The molecular weight excluding hydrogens is 270 g/mol. The second kappa shape index (κ2) is 5.45. The molecule has 0 unspecified atom stereocenters. The number of aryl methyl sites for hydroxylation is 1. The Balaban J connectivity index is 1.77. The third-order valence-corrected chi connectivity index (χ3v) is 5.10. The van der Waals surface area contributed by atoms with Crippen molar-refractivity contribution in [1.29, 1.82) is 0 Å². The number of piperidine rings is 1. The number of rotatable bonds is 3. The lowest BCUT2D eigenvalue weighted by atomic mass is 9.98. The minimum absolute atomic E-state index is 0.678. The van der Waals surface area contributed by atoms with Crippen molar-refractivity contribution in [1.82, 2.24) is 4.98 Å². The van der Waals surface area contributed by atoms with Crippen molar-refractivity contribution >= 4 is 22.3 Å². The van der Waals surface area contributed by atoms with Crippen molar-refractivity contribution in [3.8, 4) is 0 Å². The number of pyridine rings is 1. The van der Waals surface area contributed by atoms with Gasteiger partial charge in [0, 0.05) is 41.8 Å². The van der Waals surface area contributed by atoms with Crippen molar-refractivity contribution in [2.45, 2.75) is 45.6 Å². The van der Waals surface area contributed by atoms with Crippen LogP contribution in [0.25, 0.3) is 10.8 Å². The average Bonchev–Trinajstić information content (AvgIpc) is 3.33. The van der Waals surface area contributed by atoms with Crippen molar-refractivity contribution in [3.63, 3.8) is 0 Å². The molecule has 3 heteroatoms. The molecule has 22 heavy (non-hydrogen) atoms. The van der Waals surface area contributed by atoms with E-state index < -0.39 is 0 Å². The molecule has 1 aliphatic carbocycles. The normalized spacial score (nSPS) is 19.6. The highest BCUT2D eigenvalue weighted by atomic mass is 15.2. The van der Waals surface area contributed by atoms with Crippen LogP contribution in [0.5, 0.6) is 0 Å². The van der Waals surface area contributed by atoms with Crippen LogP contribution >= 0.6 is 0 Å². The first kappa shape index (κ1) is 13.9. The van der Waals surface area contributed by atoms with Crippen LogP contribution in [-0.2, 0) is 0 Å². The molecule has 1 aliphatic heterocycles. The molecule has 0 radical (unpaired) electrons. The molecule has 3 nitrogen and oxygen atoms in total. The van der Waals surface area contributed by atoms with Crippen LogP contribution in [0.3, 0.4) is 0 Å². The largest absolute Gasteiger partial charge is 0.382 e. The van der Waals surface area contributed by atoms with E-state index in [1.54, 1.807) is 0 Å². The quantitative estimate of drug-likeness (QED) is 0.912. The van der Waals surface area contributed by atoms with Crippen LogP contribution in [0.1, 0.15) is 38.2 Å². The first-order valence-electron chi connectivity index (χ1n) is 8.62. The summed E-state index contributed by atoms with van der Waals surface area (Å²) in [6.07, 6.45) is 7.21. The molecule has 0 bridgehead atoms. The number of nitrogens with zero attached hydrogens (tertiary/aromatic N) is 2. The van der Waals surface area contributed by atoms with Gasteiger partial charge < -0.3 is 10.2 Å². The summed E-state index contributed by atoms with van der Waals surface area (Å²) in [4.78, 5) is 7.26. The van der Waals surface area contributed by atoms with Gasteiger partial charge in [-0.2, -0.15) is 0 Å². The first-order chi connectivity index (χ1) is 10.7. The number of hydrogen-bond acceptors (Lipinski definition) is 3. The molecule has 116 valence electrons. The fourth-order valence-corrected chi connectivity index (χ4v) is 3.50. The fourth-order valence-electron chi connectivity index (χ4n) is 3.50. The summed E-state index contributed by atoms with van der Waals surface area (Å²) in [5.41, 5.74) is 2.56. The number of nitrogens with one attached hydrogen (secondary N) is 1. The summed E-state index contributed by atoms with van der Waals surface area (Å²) in [6.45, 7) is 6.80. The van der Waals surface area contributed by atoms with Gasteiger partial charge in [-0.15, -0.1) is 0 Å². The second-order valence-electron chi connectivity index (χ2n) is 7.08. The van der Waals surface area contributed by atoms with Gasteiger partial charge in [0.2, 0.25) is 0 Å². The monoisotopic (exact) mass is 295 g/mol. The predicted molar refractivity (Wildman–Crippen MR) is 93.7 cm³/mol. The van der Waals surface area contributed by atoms with Crippen LogP contribution in [-0.4, -0.2) is 24.1 Å². The molecule has 0 amide bonds. The summed E-state index contributed by atoms with van der Waals surface area (Å²) in [5, 5.41) is 6.36. The molecule has 1 saturated heterocycles.